The van der Waals surface area contributed by atoms with Gasteiger partial charge in [0.25, 0.3) is 10.0 Å². The highest BCUT2D eigenvalue weighted by atomic mass is 32.2. The fourth-order valence-corrected chi connectivity index (χ4v) is 4.78. The molecule has 0 N–H and O–H groups in total. The minimum Gasteiger partial charge on any atom is -0.495 e. The minimum absolute atomic E-state index is 0.140. The number of carbonyl (C=O) groups is 1. The van der Waals surface area contributed by atoms with Crippen molar-refractivity contribution >= 4 is 21.6 Å². The summed E-state index contributed by atoms with van der Waals surface area (Å²) in [6.45, 7) is 3.23. The van der Waals surface area contributed by atoms with Crippen LogP contribution in [0.5, 0.6) is 5.75 Å². The van der Waals surface area contributed by atoms with Crippen LogP contribution in [0.2, 0.25) is 0 Å². The molecule has 6 nitrogen and oxygen atoms in total. The maximum atomic E-state index is 13.4. The number of carbonyl (C=O) groups excluding carboxylic acids is 1. The third-order valence-corrected chi connectivity index (χ3v) is 6.87. The van der Waals surface area contributed by atoms with Gasteiger partial charge in [0.2, 0.25) is 5.91 Å². The van der Waals surface area contributed by atoms with E-state index in [0.29, 0.717) is 30.4 Å². The van der Waals surface area contributed by atoms with E-state index in [1.807, 2.05) is 0 Å². The Morgan fingerprint density at radius 1 is 1.07 bits per heavy atom. The van der Waals surface area contributed by atoms with Crippen LogP contribution in [-0.2, 0) is 14.8 Å². The standard InChI is InChI=1S/C21H26N2O4S/c1-17-12-14-22(15-13-17)21(24)16-23(19-10-6-7-11-20(19)27-2)28(25,26)18-8-4-3-5-9-18/h3-11,17H,12-16H2,1-2H3. The highest BCUT2D eigenvalue weighted by molar-refractivity contribution is 7.92. The summed E-state index contributed by atoms with van der Waals surface area (Å²) in [4.78, 5) is 14.8. The van der Waals surface area contributed by atoms with Crippen molar-refractivity contribution in [1.29, 1.82) is 0 Å². The van der Waals surface area contributed by atoms with Gasteiger partial charge in [0.1, 0.15) is 12.3 Å². The molecule has 0 radical (unpaired) electrons. The van der Waals surface area contributed by atoms with Crippen molar-refractivity contribution in [2.45, 2.75) is 24.7 Å². The first-order chi connectivity index (χ1) is 13.4. The number of ether oxygens (including phenoxy) is 1. The third kappa shape index (κ3) is 4.30. The van der Waals surface area contributed by atoms with Crippen molar-refractivity contribution in [1.82, 2.24) is 4.90 Å². The molecule has 1 heterocycles. The summed E-state index contributed by atoms with van der Waals surface area (Å²) >= 11 is 0. The second-order valence-electron chi connectivity index (χ2n) is 7.06. The number of sulfonamides is 1. The SMILES string of the molecule is COc1ccccc1N(CC(=O)N1CCC(C)CC1)S(=O)(=O)c1ccccc1. The Bertz CT molecular complexity index is 907. The van der Waals surface area contributed by atoms with E-state index >= 15 is 0 Å². The molecule has 0 aliphatic carbocycles. The molecule has 28 heavy (non-hydrogen) atoms. The molecule has 0 bridgehead atoms. The first kappa shape index (κ1) is 20.2. The third-order valence-electron chi connectivity index (χ3n) is 5.10. The zero-order chi connectivity index (χ0) is 20.1. The van der Waals surface area contributed by atoms with Gasteiger partial charge >= 0.3 is 0 Å². The van der Waals surface area contributed by atoms with Crippen LogP contribution < -0.4 is 9.04 Å². The van der Waals surface area contributed by atoms with Crippen molar-refractivity contribution in [2.75, 3.05) is 31.0 Å². The van der Waals surface area contributed by atoms with E-state index < -0.39 is 10.0 Å². The first-order valence-electron chi connectivity index (χ1n) is 9.42. The first-order valence-corrected chi connectivity index (χ1v) is 10.9. The molecular weight excluding hydrogens is 376 g/mol. The van der Waals surface area contributed by atoms with Gasteiger partial charge in [0, 0.05) is 13.1 Å². The fraction of sp³-hybridized carbons (Fsp3) is 0.381. The molecule has 0 saturated carbocycles. The lowest BCUT2D eigenvalue weighted by Crippen LogP contribution is -2.45. The molecule has 1 amide bonds. The average molecular weight is 403 g/mol. The highest BCUT2D eigenvalue weighted by Crippen LogP contribution is 2.32. The minimum atomic E-state index is -3.93. The molecular formula is C21H26N2O4S. The zero-order valence-corrected chi connectivity index (χ0v) is 17.1. The van der Waals surface area contributed by atoms with E-state index in [0.717, 1.165) is 17.1 Å². The van der Waals surface area contributed by atoms with Crippen LogP contribution >= 0.6 is 0 Å². The summed E-state index contributed by atoms with van der Waals surface area (Å²) < 4.78 is 33.3. The van der Waals surface area contributed by atoms with Crippen molar-refractivity contribution in [2.24, 2.45) is 5.92 Å². The molecule has 0 aromatic heterocycles. The molecule has 0 spiro atoms. The number of piperidine rings is 1. The summed E-state index contributed by atoms with van der Waals surface area (Å²) in [7, 11) is -2.44. The van der Waals surface area contributed by atoms with E-state index in [-0.39, 0.29) is 17.3 Å². The van der Waals surface area contributed by atoms with E-state index in [1.54, 1.807) is 47.4 Å². The number of methoxy groups -OCH3 is 1. The Morgan fingerprint density at radius 3 is 2.32 bits per heavy atom. The van der Waals surface area contributed by atoms with Crippen molar-refractivity contribution in [3.05, 3.63) is 54.6 Å². The summed E-state index contributed by atoms with van der Waals surface area (Å²) in [5.41, 5.74) is 0.354. The van der Waals surface area contributed by atoms with E-state index in [1.165, 1.54) is 19.2 Å². The molecule has 2 aromatic rings. The summed E-state index contributed by atoms with van der Waals surface area (Å²) in [6.07, 6.45) is 1.87. The van der Waals surface area contributed by atoms with Crippen LogP contribution in [-0.4, -0.2) is 46.0 Å². The summed E-state index contributed by atoms with van der Waals surface area (Å²) in [5, 5.41) is 0. The smallest absolute Gasteiger partial charge is 0.264 e. The van der Waals surface area contributed by atoms with Crippen molar-refractivity contribution in [3.8, 4) is 5.75 Å². The highest BCUT2D eigenvalue weighted by Gasteiger charge is 2.31. The molecule has 0 atom stereocenters. The van der Waals surface area contributed by atoms with Crippen LogP contribution in [0.3, 0.4) is 0 Å². The molecule has 7 heteroatoms. The Kier molecular flexibility index (Phi) is 6.24. The lowest BCUT2D eigenvalue weighted by molar-refractivity contribution is -0.130. The van der Waals surface area contributed by atoms with E-state index in [9.17, 15) is 13.2 Å². The number of likely N-dealkylation sites (tertiary alicyclic amines) is 1. The van der Waals surface area contributed by atoms with Crippen LogP contribution in [0, 0.1) is 5.92 Å². The number of nitrogens with zero attached hydrogens (tertiary/aromatic N) is 2. The van der Waals surface area contributed by atoms with Crippen molar-refractivity contribution in [3.63, 3.8) is 0 Å². The number of hydrogen-bond donors (Lipinski definition) is 0. The molecule has 3 rings (SSSR count). The molecule has 1 saturated heterocycles. The maximum Gasteiger partial charge on any atom is 0.264 e. The zero-order valence-electron chi connectivity index (χ0n) is 16.2. The predicted molar refractivity (Wildman–Crippen MR) is 109 cm³/mol. The number of para-hydroxylation sites is 2. The second-order valence-corrected chi connectivity index (χ2v) is 8.92. The Labute approximate surface area is 166 Å². The van der Waals surface area contributed by atoms with Gasteiger partial charge in [-0.2, -0.15) is 0 Å². The van der Waals surface area contributed by atoms with Gasteiger partial charge in [-0.05, 0) is 43.0 Å². The van der Waals surface area contributed by atoms with Gasteiger partial charge in [-0.15, -0.1) is 0 Å². The van der Waals surface area contributed by atoms with Gasteiger partial charge in [-0.25, -0.2) is 8.42 Å². The molecule has 150 valence electrons. The second kappa shape index (κ2) is 8.65. The molecule has 1 fully saturated rings. The fourth-order valence-electron chi connectivity index (χ4n) is 3.34. The Morgan fingerprint density at radius 2 is 1.68 bits per heavy atom. The number of hydrogen-bond acceptors (Lipinski definition) is 4. The van der Waals surface area contributed by atoms with Crippen molar-refractivity contribution < 1.29 is 17.9 Å². The van der Waals surface area contributed by atoms with Gasteiger partial charge in [0.05, 0.1) is 17.7 Å². The van der Waals surface area contributed by atoms with Crippen LogP contribution in [0.25, 0.3) is 0 Å². The maximum absolute atomic E-state index is 13.4. The molecule has 1 aliphatic heterocycles. The number of anilines is 1. The molecule has 0 unspecified atom stereocenters. The normalized spacial score (nSPS) is 15.3. The predicted octanol–water partition coefficient (Wildman–Crippen LogP) is 3.15. The van der Waals surface area contributed by atoms with E-state index in [2.05, 4.69) is 6.92 Å². The molecule has 2 aromatic carbocycles. The monoisotopic (exact) mass is 402 g/mol. The largest absolute Gasteiger partial charge is 0.495 e. The van der Waals surface area contributed by atoms with Crippen LogP contribution in [0.15, 0.2) is 59.5 Å². The lowest BCUT2D eigenvalue weighted by atomic mass is 9.99. The van der Waals surface area contributed by atoms with E-state index in [4.69, 9.17) is 4.74 Å². The average Bonchev–Trinajstić information content (AvgIpc) is 2.73. The Hall–Kier alpha value is -2.54. The number of amides is 1. The van der Waals surface area contributed by atoms with Crippen LogP contribution in [0.4, 0.5) is 5.69 Å². The Balaban J connectivity index is 1.97. The quantitative estimate of drug-likeness (QED) is 0.744. The topological polar surface area (TPSA) is 66.9 Å². The number of rotatable bonds is 6. The van der Waals surface area contributed by atoms with Gasteiger partial charge in [-0.1, -0.05) is 37.3 Å². The van der Waals surface area contributed by atoms with Crippen LogP contribution in [0.1, 0.15) is 19.8 Å². The summed E-state index contributed by atoms with van der Waals surface area (Å²) in [6, 6.07) is 15.0. The lowest BCUT2D eigenvalue weighted by Gasteiger charge is -2.33. The molecule has 1 aliphatic rings. The van der Waals surface area contributed by atoms with Gasteiger partial charge in [-0.3, -0.25) is 9.10 Å². The summed E-state index contributed by atoms with van der Waals surface area (Å²) in [5.74, 6) is 0.793. The van der Waals surface area contributed by atoms with Gasteiger partial charge in [0.15, 0.2) is 0 Å². The number of benzene rings is 2. The van der Waals surface area contributed by atoms with Gasteiger partial charge < -0.3 is 9.64 Å².